The molecule has 0 rings (SSSR count). The molecule has 0 fully saturated rings. The molecule has 3 atom stereocenters. The van der Waals surface area contributed by atoms with Crippen LogP contribution >= 0.6 is 7.82 Å². The van der Waals surface area contributed by atoms with Gasteiger partial charge in [-0.1, -0.05) is 259 Å². The summed E-state index contributed by atoms with van der Waals surface area (Å²) >= 11 is 0. The van der Waals surface area contributed by atoms with E-state index in [-0.39, 0.29) is 19.1 Å². The number of aliphatic hydroxyl groups is 1. The van der Waals surface area contributed by atoms with E-state index in [0.717, 1.165) is 96.3 Å². The second-order valence-electron chi connectivity index (χ2n) is 21.0. The number of carbonyl (C=O) groups excluding carboxylic acids is 1. The van der Waals surface area contributed by atoms with Gasteiger partial charge in [-0.15, -0.1) is 0 Å². The maximum atomic E-state index is 13.0. The maximum Gasteiger partial charge on any atom is 0.268 e. The van der Waals surface area contributed by atoms with Crippen LogP contribution in [0.15, 0.2) is 97.2 Å². The molecule has 1 amide bonds. The van der Waals surface area contributed by atoms with E-state index >= 15 is 0 Å². The lowest BCUT2D eigenvalue weighted by molar-refractivity contribution is -0.870. The predicted molar refractivity (Wildman–Crippen MR) is 311 cm³/mol. The van der Waals surface area contributed by atoms with Gasteiger partial charge in [0.15, 0.2) is 0 Å². The minimum atomic E-state index is -4.58. The molecule has 0 aliphatic rings. The number of phosphoric acid groups is 1. The molecule has 0 aromatic heterocycles. The Morgan fingerprint density at radius 3 is 1.24 bits per heavy atom. The zero-order valence-corrected chi connectivity index (χ0v) is 48.2. The maximum absolute atomic E-state index is 13.0. The van der Waals surface area contributed by atoms with E-state index in [1.165, 1.54) is 122 Å². The number of phosphoric ester groups is 1. The summed E-state index contributed by atoms with van der Waals surface area (Å²) in [5.74, 6) is -0.172. The third-order valence-electron chi connectivity index (χ3n) is 12.8. The van der Waals surface area contributed by atoms with Crippen LogP contribution in [-0.4, -0.2) is 68.5 Å². The number of hydrogen-bond acceptors (Lipinski definition) is 6. The highest BCUT2D eigenvalue weighted by atomic mass is 31.2. The van der Waals surface area contributed by atoms with Gasteiger partial charge in [-0.3, -0.25) is 9.36 Å². The lowest BCUT2D eigenvalue weighted by atomic mass is 10.0. The largest absolute Gasteiger partial charge is 0.756 e. The lowest BCUT2D eigenvalue weighted by Gasteiger charge is -2.30. The second kappa shape index (κ2) is 53.3. The highest BCUT2D eigenvalue weighted by molar-refractivity contribution is 7.45. The molecule has 416 valence electrons. The molecule has 9 heteroatoms. The Morgan fingerprint density at radius 1 is 0.500 bits per heavy atom. The molecule has 0 aromatic carbocycles. The van der Waals surface area contributed by atoms with E-state index in [1.807, 2.05) is 21.1 Å². The van der Waals surface area contributed by atoms with Gasteiger partial charge in [0.25, 0.3) is 7.82 Å². The van der Waals surface area contributed by atoms with E-state index in [4.69, 9.17) is 9.05 Å². The fourth-order valence-corrected chi connectivity index (χ4v) is 8.96. The number of unbranched alkanes of at least 4 members (excludes halogenated alkanes) is 24. The summed E-state index contributed by atoms with van der Waals surface area (Å²) in [7, 11) is 1.29. The van der Waals surface area contributed by atoms with Gasteiger partial charge >= 0.3 is 0 Å². The monoisotopic (exact) mass is 1020 g/mol. The van der Waals surface area contributed by atoms with Gasteiger partial charge in [0, 0.05) is 6.42 Å². The molecular weight excluding hydrogens is 912 g/mol. The molecular formula is C63H113N2O6P. The normalized spacial score (nSPS) is 14.6. The highest BCUT2D eigenvalue weighted by Crippen LogP contribution is 2.38. The van der Waals surface area contributed by atoms with Crippen molar-refractivity contribution in [2.24, 2.45) is 0 Å². The Labute approximate surface area is 445 Å². The van der Waals surface area contributed by atoms with Crippen LogP contribution in [0.5, 0.6) is 0 Å². The summed E-state index contributed by atoms with van der Waals surface area (Å²) in [4.78, 5) is 25.5. The number of carbonyl (C=O) groups is 1. The van der Waals surface area contributed by atoms with Crippen LogP contribution in [-0.2, 0) is 18.4 Å². The molecule has 0 saturated carbocycles. The first-order valence-electron chi connectivity index (χ1n) is 29.6. The first-order valence-corrected chi connectivity index (χ1v) is 31.0. The van der Waals surface area contributed by atoms with Crippen LogP contribution < -0.4 is 10.2 Å². The van der Waals surface area contributed by atoms with Crippen LogP contribution in [0.2, 0.25) is 0 Å². The molecule has 8 nitrogen and oxygen atoms in total. The van der Waals surface area contributed by atoms with Gasteiger partial charge in [0.05, 0.1) is 39.9 Å². The summed E-state index contributed by atoms with van der Waals surface area (Å²) < 4.78 is 23.4. The topological polar surface area (TPSA) is 108 Å². The first kappa shape index (κ1) is 69.4. The van der Waals surface area contributed by atoms with Crippen molar-refractivity contribution in [2.75, 3.05) is 40.9 Å². The molecule has 2 N–H and O–H groups in total. The molecule has 3 unspecified atom stereocenters. The Bertz CT molecular complexity index is 1490. The van der Waals surface area contributed by atoms with Crippen LogP contribution in [0.1, 0.15) is 245 Å². The fourth-order valence-electron chi connectivity index (χ4n) is 8.23. The van der Waals surface area contributed by atoms with Gasteiger partial charge in [-0.25, -0.2) is 0 Å². The SMILES string of the molecule is CC/C=C\C/C=C\C/C=C\C/C=C\C/C=C\C/C=C\C/C=C\C/C=C\CCCCCCCCCCCCC(=O)NC(COP(=O)([O-])OCC[N+](C)(C)C)C(O)CCCCCCCCCCCCCCCCC. The van der Waals surface area contributed by atoms with Gasteiger partial charge in [0.2, 0.25) is 5.91 Å². The number of rotatable bonds is 53. The van der Waals surface area contributed by atoms with Crippen molar-refractivity contribution in [2.45, 2.75) is 257 Å². The Balaban J connectivity index is 4.11. The zero-order valence-electron chi connectivity index (χ0n) is 47.4. The van der Waals surface area contributed by atoms with Gasteiger partial charge in [-0.05, 0) is 77.0 Å². The summed E-state index contributed by atoms with van der Waals surface area (Å²) in [5.41, 5.74) is 0. The quantitative estimate of drug-likeness (QED) is 0.0272. The van der Waals surface area contributed by atoms with Crippen molar-refractivity contribution in [3.63, 3.8) is 0 Å². The average Bonchev–Trinajstić information content (AvgIpc) is 3.34. The Kier molecular flexibility index (Phi) is 51.3. The second-order valence-corrected chi connectivity index (χ2v) is 22.4. The zero-order chi connectivity index (χ0) is 52.7. The van der Waals surface area contributed by atoms with Crippen molar-refractivity contribution in [1.29, 1.82) is 0 Å². The highest BCUT2D eigenvalue weighted by Gasteiger charge is 2.24. The number of amides is 1. The molecule has 0 spiro atoms. The standard InChI is InChI=1S/C63H113N2O6P/c1-6-8-10-12-14-16-18-20-22-23-24-25-26-27-28-29-30-31-32-33-34-35-36-37-38-39-40-41-43-45-47-49-51-53-55-57-63(67)64-61(60-71-72(68,69)70-59-58-65(3,4)5)62(66)56-54-52-50-48-46-44-42-21-19-17-15-13-11-9-7-2/h8,10,14,16,20,22,24-25,27-28,30-31,33-34,36-37,61-62,66H,6-7,9,11-13,15,17-19,21,23,26,29,32,35,38-60H2,1-5H3,(H-,64,67,68,69)/b10-8-,16-14-,22-20-,25-24-,28-27-,31-30-,34-33-,37-36-. The predicted octanol–water partition coefficient (Wildman–Crippen LogP) is 17.6. The number of aliphatic hydroxyl groups excluding tert-OH is 1. The van der Waals surface area contributed by atoms with Gasteiger partial charge in [-0.2, -0.15) is 0 Å². The number of nitrogens with one attached hydrogen (secondary N) is 1. The molecule has 0 aromatic rings. The van der Waals surface area contributed by atoms with E-state index in [0.29, 0.717) is 23.9 Å². The Morgan fingerprint density at radius 2 is 0.847 bits per heavy atom. The third-order valence-corrected chi connectivity index (χ3v) is 13.8. The summed E-state index contributed by atoms with van der Waals surface area (Å²) in [6, 6.07) is -0.809. The number of hydrogen-bond donors (Lipinski definition) is 2. The van der Waals surface area contributed by atoms with Crippen molar-refractivity contribution in [1.82, 2.24) is 5.32 Å². The van der Waals surface area contributed by atoms with Crippen LogP contribution in [0.3, 0.4) is 0 Å². The smallest absolute Gasteiger partial charge is 0.268 e. The molecule has 0 heterocycles. The van der Waals surface area contributed by atoms with E-state index in [9.17, 15) is 19.4 Å². The van der Waals surface area contributed by atoms with Gasteiger partial charge in [0.1, 0.15) is 13.2 Å². The lowest BCUT2D eigenvalue weighted by Crippen LogP contribution is -2.46. The Hall–Kier alpha value is -2.58. The molecule has 72 heavy (non-hydrogen) atoms. The summed E-state index contributed by atoms with van der Waals surface area (Å²) in [6.45, 7) is 4.61. The number of allylic oxidation sites excluding steroid dienone is 16. The molecule has 0 aliphatic carbocycles. The van der Waals surface area contributed by atoms with Crippen molar-refractivity contribution in [3.05, 3.63) is 97.2 Å². The summed E-state index contributed by atoms with van der Waals surface area (Å²) in [5, 5.41) is 14.0. The van der Waals surface area contributed by atoms with E-state index in [1.54, 1.807) is 0 Å². The number of nitrogens with zero attached hydrogens (tertiary/aromatic N) is 1. The third kappa shape index (κ3) is 55.2. The van der Waals surface area contributed by atoms with E-state index < -0.39 is 20.0 Å². The molecule has 0 radical (unpaired) electrons. The number of quaternary nitrogens is 1. The average molecular weight is 1030 g/mol. The first-order chi connectivity index (χ1) is 35.0. The number of likely N-dealkylation sites (N-methyl/N-ethyl adjacent to an activating group) is 1. The van der Waals surface area contributed by atoms with Crippen LogP contribution in [0.4, 0.5) is 0 Å². The minimum Gasteiger partial charge on any atom is -0.756 e. The molecule has 0 bridgehead atoms. The minimum absolute atomic E-state index is 0.00753. The van der Waals surface area contributed by atoms with Crippen molar-refractivity contribution >= 4 is 13.7 Å². The van der Waals surface area contributed by atoms with E-state index in [2.05, 4.69) is 116 Å². The van der Waals surface area contributed by atoms with Gasteiger partial charge < -0.3 is 28.8 Å². The van der Waals surface area contributed by atoms with Crippen LogP contribution in [0.25, 0.3) is 0 Å². The van der Waals surface area contributed by atoms with Crippen LogP contribution in [0, 0.1) is 0 Å². The molecule has 0 saturated heterocycles. The summed E-state index contributed by atoms with van der Waals surface area (Å²) in [6.07, 6.45) is 75.8. The van der Waals surface area contributed by atoms with Crippen molar-refractivity contribution in [3.8, 4) is 0 Å². The molecule has 0 aliphatic heterocycles. The van der Waals surface area contributed by atoms with Crippen molar-refractivity contribution < 1.29 is 32.9 Å². The fraction of sp³-hybridized carbons (Fsp3) is 0.730.